The molecular formula is C17H23NO4. The second kappa shape index (κ2) is 9.60. The Morgan fingerprint density at radius 1 is 1.23 bits per heavy atom. The number of carbonyl (C=O) groups is 2. The van der Waals surface area contributed by atoms with E-state index in [0.717, 1.165) is 11.3 Å². The largest absolute Gasteiger partial charge is 0.497 e. The molecule has 0 aromatic heterocycles. The smallest absolute Gasteiger partial charge is 0.303 e. The van der Waals surface area contributed by atoms with Crippen LogP contribution in [0.1, 0.15) is 31.2 Å². The van der Waals surface area contributed by atoms with Crippen molar-refractivity contribution >= 4 is 11.9 Å². The molecule has 0 unspecified atom stereocenters. The monoisotopic (exact) mass is 305 g/mol. The maximum Gasteiger partial charge on any atom is 0.303 e. The van der Waals surface area contributed by atoms with Crippen LogP contribution in [0.3, 0.4) is 0 Å². The highest BCUT2D eigenvalue weighted by Crippen LogP contribution is 2.14. The Morgan fingerprint density at radius 2 is 1.86 bits per heavy atom. The highest BCUT2D eigenvalue weighted by atomic mass is 16.5. The number of aliphatic carboxylic acids is 1. The van der Waals surface area contributed by atoms with Crippen molar-refractivity contribution in [1.82, 2.24) is 4.90 Å². The minimum atomic E-state index is -0.825. The predicted octanol–water partition coefficient (Wildman–Crippen LogP) is 2.85. The molecular weight excluding hydrogens is 282 g/mol. The molecule has 0 heterocycles. The number of methoxy groups -OCH3 is 1. The zero-order chi connectivity index (χ0) is 16.4. The summed E-state index contributed by atoms with van der Waals surface area (Å²) in [7, 11) is 1.61. The van der Waals surface area contributed by atoms with Gasteiger partial charge in [-0.1, -0.05) is 18.2 Å². The van der Waals surface area contributed by atoms with Crippen LogP contribution in [0.5, 0.6) is 5.75 Å². The molecule has 1 amide bonds. The number of carboxylic acids is 1. The van der Waals surface area contributed by atoms with Crippen LogP contribution in [-0.4, -0.2) is 35.5 Å². The van der Waals surface area contributed by atoms with E-state index in [-0.39, 0.29) is 12.3 Å². The lowest BCUT2D eigenvalue weighted by atomic mass is 10.1. The number of amides is 1. The Hall–Kier alpha value is -2.30. The third-order valence-corrected chi connectivity index (χ3v) is 3.27. The topological polar surface area (TPSA) is 66.8 Å². The molecule has 0 bridgehead atoms. The molecule has 1 rings (SSSR count). The molecule has 1 N–H and O–H groups in total. The van der Waals surface area contributed by atoms with E-state index in [1.165, 1.54) is 0 Å². The van der Waals surface area contributed by atoms with Gasteiger partial charge in [-0.3, -0.25) is 9.59 Å². The number of hydrogen-bond acceptors (Lipinski definition) is 3. The van der Waals surface area contributed by atoms with Gasteiger partial charge in [0.15, 0.2) is 0 Å². The summed E-state index contributed by atoms with van der Waals surface area (Å²) in [5.74, 6) is -0.0336. The van der Waals surface area contributed by atoms with Crippen LogP contribution in [0.15, 0.2) is 36.9 Å². The molecule has 1 aromatic rings. The summed E-state index contributed by atoms with van der Waals surface area (Å²) in [4.78, 5) is 24.4. The Balaban J connectivity index is 2.53. The standard InChI is InChI=1S/C17H23NO4/c1-3-12-18(16(19)6-4-5-7-17(20)21)13-14-8-10-15(22-2)11-9-14/h3,8-11H,1,4-7,12-13H2,2H3,(H,20,21). The van der Waals surface area contributed by atoms with Gasteiger partial charge in [-0.15, -0.1) is 6.58 Å². The van der Waals surface area contributed by atoms with Gasteiger partial charge in [0.25, 0.3) is 0 Å². The van der Waals surface area contributed by atoms with Gasteiger partial charge in [0.1, 0.15) is 5.75 Å². The third-order valence-electron chi connectivity index (χ3n) is 3.27. The van der Waals surface area contributed by atoms with Crippen LogP contribution in [0.2, 0.25) is 0 Å². The predicted molar refractivity (Wildman–Crippen MR) is 84.7 cm³/mol. The van der Waals surface area contributed by atoms with Crippen LogP contribution >= 0.6 is 0 Å². The Bertz CT molecular complexity index is 496. The first kappa shape index (κ1) is 17.8. The quantitative estimate of drug-likeness (QED) is 0.533. The molecule has 0 radical (unpaired) electrons. The summed E-state index contributed by atoms with van der Waals surface area (Å²) in [6.45, 7) is 4.66. The summed E-state index contributed by atoms with van der Waals surface area (Å²) in [5, 5.41) is 8.59. The Kier molecular flexibility index (Phi) is 7.75. The number of benzene rings is 1. The van der Waals surface area contributed by atoms with Crippen molar-refractivity contribution in [2.75, 3.05) is 13.7 Å². The summed E-state index contributed by atoms with van der Waals surface area (Å²) in [5.41, 5.74) is 1.02. The number of nitrogens with zero attached hydrogens (tertiary/aromatic N) is 1. The Labute approximate surface area is 131 Å². The molecule has 5 nitrogen and oxygen atoms in total. The first-order valence-corrected chi connectivity index (χ1v) is 7.30. The second-order valence-electron chi connectivity index (χ2n) is 5.01. The Morgan fingerprint density at radius 3 is 2.41 bits per heavy atom. The van der Waals surface area contributed by atoms with E-state index in [2.05, 4.69) is 6.58 Å². The van der Waals surface area contributed by atoms with E-state index in [1.54, 1.807) is 18.1 Å². The maximum absolute atomic E-state index is 12.2. The van der Waals surface area contributed by atoms with Crippen molar-refractivity contribution in [3.05, 3.63) is 42.5 Å². The summed E-state index contributed by atoms with van der Waals surface area (Å²) in [6.07, 6.45) is 3.26. The summed E-state index contributed by atoms with van der Waals surface area (Å²) < 4.78 is 5.11. The van der Waals surface area contributed by atoms with Gasteiger partial charge in [0, 0.05) is 25.9 Å². The van der Waals surface area contributed by atoms with Crippen LogP contribution in [0.4, 0.5) is 0 Å². The van der Waals surface area contributed by atoms with Crippen LogP contribution in [0, 0.1) is 0 Å². The number of unbranched alkanes of at least 4 members (excludes halogenated alkanes) is 1. The van der Waals surface area contributed by atoms with Crippen LogP contribution < -0.4 is 4.74 Å². The first-order chi connectivity index (χ1) is 10.6. The lowest BCUT2D eigenvalue weighted by Crippen LogP contribution is -2.30. The molecule has 22 heavy (non-hydrogen) atoms. The fourth-order valence-electron chi connectivity index (χ4n) is 2.07. The number of ether oxygens (including phenoxy) is 1. The minimum absolute atomic E-state index is 0.0149. The average molecular weight is 305 g/mol. The number of carboxylic acid groups (broad SMARTS) is 1. The van der Waals surface area contributed by atoms with Crippen molar-refractivity contribution < 1.29 is 19.4 Å². The normalized spacial score (nSPS) is 10.0. The lowest BCUT2D eigenvalue weighted by Gasteiger charge is -2.21. The van der Waals surface area contributed by atoms with Gasteiger partial charge >= 0.3 is 5.97 Å². The van der Waals surface area contributed by atoms with E-state index in [0.29, 0.717) is 32.4 Å². The highest BCUT2D eigenvalue weighted by Gasteiger charge is 2.12. The van der Waals surface area contributed by atoms with Gasteiger partial charge < -0.3 is 14.7 Å². The van der Waals surface area contributed by atoms with Crippen molar-refractivity contribution in [1.29, 1.82) is 0 Å². The summed E-state index contributed by atoms with van der Waals surface area (Å²) >= 11 is 0. The third kappa shape index (κ3) is 6.43. The molecule has 0 atom stereocenters. The van der Waals surface area contributed by atoms with Gasteiger partial charge in [-0.05, 0) is 30.5 Å². The van der Waals surface area contributed by atoms with Crippen LogP contribution in [-0.2, 0) is 16.1 Å². The number of hydrogen-bond donors (Lipinski definition) is 1. The number of carbonyl (C=O) groups excluding carboxylic acids is 1. The molecule has 0 aliphatic rings. The second-order valence-corrected chi connectivity index (χ2v) is 5.01. The highest BCUT2D eigenvalue weighted by molar-refractivity contribution is 5.76. The molecule has 0 saturated carbocycles. The zero-order valence-corrected chi connectivity index (χ0v) is 13.0. The van der Waals surface area contributed by atoms with E-state index in [4.69, 9.17) is 9.84 Å². The molecule has 0 fully saturated rings. The van der Waals surface area contributed by atoms with Gasteiger partial charge in [0.05, 0.1) is 7.11 Å². The van der Waals surface area contributed by atoms with E-state index >= 15 is 0 Å². The van der Waals surface area contributed by atoms with Crippen LogP contribution in [0.25, 0.3) is 0 Å². The van der Waals surface area contributed by atoms with Crippen molar-refractivity contribution in [3.8, 4) is 5.75 Å². The molecule has 5 heteroatoms. The molecule has 1 aromatic carbocycles. The van der Waals surface area contributed by atoms with E-state index < -0.39 is 5.97 Å². The fourth-order valence-corrected chi connectivity index (χ4v) is 2.07. The maximum atomic E-state index is 12.2. The average Bonchev–Trinajstić information content (AvgIpc) is 2.51. The lowest BCUT2D eigenvalue weighted by molar-refractivity contribution is -0.137. The number of rotatable bonds is 10. The zero-order valence-electron chi connectivity index (χ0n) is 13.0. The summed E-state index contributed by atoms with van der Waals surface area (Å²) in [6, 6.07) is 7.57. The molecule has 0 saturated heterocycles. The van der Waals surface area contributed by atoms with E-state index in [9.17, 15) is 9.59 Å². The van der Waals surface area contributed by atoms with Gasteiger partial charge in [-0.2, -0.15) is 0 Å². The van der Waals surface area contributed by atoms with Crippen molar-refractivity contribution in [2.45, 2.75) is 32.2 Å². The first-order valence-electron chi connectivity index (χ1n) is 7.30. The van der Waals surface area contributed by atoms with Gasteiger partial charge in [-0.25, -0.2) is 0 Å². The fraction of sp³-hybridized carbons (Fsp3) is 0.412. The molecule has 0 aliphatic carbocycles. The van der Waals surface area contributed by atoms with Gasteiger partial charge in [0.2, 0.25) is 5.91 Å². The van der Waals surface area contributed by atoms with Crippen molar-refractivity contribution in [3.63, 3.8) is 0 Å². The SMILES string of the molecule is C=CCN(Cc1ccc(OC)cc1)C(=O)CCCCC(=O)O. The van der Waals surface area contributed by atoms with E-state index in [1.807, 2.05) is 24.3 Å². The minimum Gasteiger partial charge on any atom is -0.497 e. The molecule has 120 valence electrons. The molecule has 0 spiro atoms. The molecule has 0 aliphatic heterocycles. The van der Waals surface area contributed by atoms with Crippen molar-refractivity contribution in [2.24, 2.45) is 0 Å².